The molecule has 0 spiro atoms. The molecule has 0 bridgehead atoms. The van der Waals surface area contributed by atoms with Crippen molar-refractivity contribution in [1.82, 2.24) is 5.06 Å². The SMILES string of the molecule is CCCCOc1ccc([C@@]2(C)CCC(C)(C)N2[O])cc1. The van der Waals surface area contributed by atoms with E-state index in [9.17, 15) is 5.21 Å². The zero-order chi connectivity index (χ0) is 14.8. The van der Waals surface area contributed by atoms with E-state index in [1.165, 1.54) is 5.06 Å². The average molecular weight is 276 g/mol. The second-order valence-electron chi connectivity index (χ2n) is 6.61. The highest BCUT2D eigenvalue weighted by atomic mass is 16.5. The molecule has 1 aromatic carbocycles. The molecule has 3 heteroatoms. The summed E-state index contributed by atoms with van der Waals surface area (Å²) in [7, 11) is 0. The van der Waals surface area contributed by atoms with Gasteiger partial charge in [-0.05, 0) is 57.7 Å². The third-order valence-electron chi connectivity index (χ3n) is 4.46. The first kappa shape index (κ1) is 15.3. The predicted octanol–water partition coefficient (Wildman–Crippen LogP) is 4.30. The van der Waals surface area contributed by atoms with E-state index in [1.807, 2.05) is 45.0 Å². The highest BCUT2D eigenvalue weighted by Crippen LogP contribution is 2.46. The standard InChI is InChI=1S/C17H26NO2/c1-5-6-13-20-15-9-7-14(8-10-15)17(4)12-11-16(2,3)18(17)19/h7-10H,5-6,11-13H2,1-4H3/t17-/m1/s1. The van der Waals surface area contributed by atoms with Gasteiger partial charge in [0, 0.05) is 5.54 Å². The lowest BCUT2D eigenvalue weighted by Crippen LogP contribution is -2.44. The van der Waals surface area contributed by atoms with Gasteiger partial charge < -0.3 is 4.74 Å². The summed E-state index contributed by atoms with van der Waals surface area (Å²) in [5.41, 5.74) is 0.400. The number of hydroxylamine groups is 2. The minimum atomic E-state index is -0.411. The van der Waals surface area contributed by atoms with Crippen LogP contribution in [0.4, 0.5) is 0 Å². The monoisotopic (exact) mass is 276 g/mol. The number of ether oxygens (including phenoxy) is 1. The molecule has 0 aliphatic carbocycles. The van der Waals surface area contributed by atoms with Gasteiger partial charge in [0.25, 0.3) is 0 Å². The Hall–Kier alpha value is -1.06. The van der Waals surface area contributed by atoms with Crippen LogP contribution in [0.5, 0.6) is 5.75 Å². The number of benzene rings is 1. The van der Waals surface area contributed by atoms with Gasteiger partial charge in [0.05, 0.1) is 12.1 Å². The molecule has 111 valence electrons. The van der Waals surface area contributed by atoms with Gasteiger partial charge in [0.1, 0.15) is 5.75 Å². The van der Waals surface area contributed by atoms with Crippen LogP contribution in [-0.4, -0.2) is 17.2 Å². The third-order valence-corrected chi connectivity index (χ3v) is 4.46. The highest BCUT2D eigenvalue weighted by Gasteiger charge is 2.49. The van der Waals surface area contributed by atoms with Crippen LogP contribution in [-0.2, 0) is 10.7 Å². The highest BCUT2D eigenvalue weighted by molar-refractivity contribution is 5.32. The molecular weight excluding hydrogens is 250 g/mol. The Kier molecular flexibility index (Phi) is 4.40. The van der Waals surface area contributed by atoms with Crippen molar-refractivity contribution in [2.45, 2.75) is 64.5 Å². The second-order valence-corrected chi connectivity index (χ2v) is 6.61. The van der Waals surface area contributed by atoms with E-state index >= 15 is 0 Å². The van der Waals surface area contributed by atoms with Gasteiger partial charge in [-0.3, -0.25) is 0 Å². The summed E-state index contributed by atoms with van der Waals surface area (Å²) >= 11 is 0. The van der Waals surface area contributed by atoms with Gasteiger partial charge in [0.15, 0.2) is 0 Å². The number of unbranched alkanes of at least 4 members (excludes halogenated alkanes) is 1. The summed E-state index contributed by atoms with van der Waals surface area (Å²) in [5.74, 6) is 0.889. The Morgan fingerprint density at radius 2 is 1.80 bits per heavy atom. The van der Waals surface area contributed by atoms with Crippen LogP contribution in [0.1, 0.15) is 58.9 Å². The smallest absolute Gasteiger partial charge is 0.119 e. The summed E-state index contributed by atoms with van der Waals surface area (Å²) in [6.45, 7) is 8.99. The molecule has 20 heavy (non-hydrogen) atoms. The van der Waals surface area contributed by atoms with E-state index < -0.39 is 5.54 Å². The molecule has 1 atom stereocenters. The van der Waals surface area contributed by atoms with Gasteiger partial charge in [0.2, 0.25) is 0 Å². The Morgan fingerprint density at radius 1 is 1.15 bits per heavy atom. The van der Waals surface area contributed by atoms with Crippen molar-refractivity contribution in [3.63, 3.8) is 0 Å². The first-order chi connectivity index (χ1) is 9.40. The van der Waals surface area contributed by atoms with Crippen LogP contribution in [0.25, 0.3) is 0 Å². The van der Waals surface area contributed by atoms with Crippen molar-refractivity contribution in [2.24, 2.45) is 0 Å². The summed E-state index contributed by atoms with van der Waals surface area (Å²) in [4.78, 5) is 0. The van der Waals surface area contributed by atoms with Crippen LogP contribution in [0.15, 0.2) is 24.3 Å². The fourth-order valence-corrected chi connectivity index (χ4v) is 2.93. The zero-order valence-corrected chi connectivity index (χ0v) is 13.1. The normalized spacial score (nSPS) is 25.9. The van der Waals surface area contributed by atoms with Crippen molar-refractivity contribution < 1.29 is 9.94 Å². The van der Waals surface area contributed by atoms with Gasteiger partial charge >= 0.3 is 0 Å². The molecule has 0 N–H and O–H groups in total. The molecule has 3 nitrogen and oxygen atoms in total. The van der Waals surface area contributed by atoms with Crippen molar-refractivity contribution in [3.8, 4) is 5.75 Å². The largest absolute Gasteiger partial charge is 0.494 e. The third kappa shape index (κ3) is 2.84. The molecule has 0 aromatic heterocycles. The number of hydrogen-bond donors (Lipinski definition) is 0. The minimum absolute atomic E-state index is 0.273. The molecule has 1 aliphatic rings. The molecule has 2 rings (SSSR count). The maximum absolute atomic E-state index is 12.5. The van der Waals surface area contributed by atoms with E-state index in [4.69, 9.17) is 4.74 Å². The first-order valence-electron chi connectivity index (χ1n) is 7.61. The average Bonchev–Trinajstić information content (AvgIpc) is 2.65. The van der Waals surface area contributed by atoms with E-state index in [-0.39, 0.29) is 5.54 Å². The molecule has 1 radical (unpaired) electrons. The molecule has 1 saturated heterocycles. The Balaban J connectivity index is 2.10. The minimum Gasteiger partial charge on any atom is -0.494 e. The number of nitrogens with zero attached hydrogens (tertiary/aromatic N) is 1. The van der Waals surface area contributed by atoms with E-state index in [2.05, 4.69) is 6.92 Å². The van der Waals surface area contributed by atoms with E-state index in [0.717, 1.165) is 43.6 Å². The van der Waals surface area contributed by atoms with Crippen molar-refractivity contribution in [3.05, 3.63) is 29.8 Å². The van der Waals surface area contributed by atoms with Crippen LogP contribution >= 0.6 is 0 Å². The molecule has 1 aliphatic heterocycles. The fourth-order valence-electron chi connectivity index (χ4n) is 2.93. The summed E-state index contributed by atoms with van der Waals surface area (Å²) in [6, 6.07) is 8.03. The van der Waals surface area contributed by atoms with Gasteiger partial charge in [-0.1, -0.05) is 25.5 Å². The van der Waals surface area contributed by atoms with E-state index in [1.54, 1.807) is 0 Å². The first-order valence-corrected chi connectivity index (χ1v) is 7.61. The second kappa shape index (κ2) is 5.74. The topological polar surface area (TPSA) is 32.4 Å². The summed E-state index contributed by atoms with van der Waals surface area (Å²) < 4.78 is 5.67. The zero-order valence-electron chi connectivity index (χ0n) is 13.1. The molecule has 0 unspecified atom stereocenters. The van der Waals surface area contributed by atoms with Crippen LogP contribution < -0.4 is 4.74 Å². The Labute approximate surface area is 122 Å². The molecular formula is C17H26NO2. The Morgan fingerprint density at radius 3 is 2.30 bits per heavy atom. The molecule has 0 saturated carbocycles. The summed E-state index contributed by atoms with van der Waals surface area (Å²) in [5, 5.41) is 13.8. The lowest BCUT2D eigenvalue weighted by atomic mass is 9.90. The van der Waals surface area contributed by atoms with Crippen molar-refractivity contribution in [1.29, 1.82) is 0 Å². The summed E-state index contributed by atoms with van der Waals surface area (Å²) in [6.07, 6.45) is 4.04. The molecule has 0 amide bonds. The van der Waals surface area contributed by atoms with Gasteiger partial charge in [-0.25, -0.2) is 0 Å². The van der Waals surface area contributed by atoms with Crippen LogP contribution in [0.2, 0.25) is 0 Å². The van der Waals surface area contributed by atoms with Gasteiger partial charge in [-0.2, -0.15) is 0 Å². The quantitative estimate of drug-likeness (QED) is 0.751. The van der Waals surface area contributed by atoms with Crippen LogP contribution in [0.3, 0.4) is 0 Å². The molecule has 1 aromatic rings. The van der Waals surface area contributed by atoms with E-state index in [0.29, 0.717) is 0 Å². The van der Waals surface area contributed by atoms with Crippen molar-refractivity contribution in [2.75, 3.05) is 6.61 Å². The number of hydrogen-bond acceptors (Lipinski definition) is 2. The number of rotatable bonds is 5. The maximum atomic E-state index is 12.5. The maximum Gasteiger partial charge on any atom is 0.119 e. The van der Waals surface area contributed by atoms with Gasteiger partial charge in [-0.15, -0.1) is 10.3 Å². The Bertz CT molecular complexity index is 441. The molecule has 1 heterocycles. The predicted molar refractivity (Wildman–Crippen MR) is 80.0 cm³/mol. The van der Waals surface area contributed by atoms with Crippen molar-refractivity contribution >= 4 is 0 Å². The fraction of sp³-hybridized carbons (Fsp3) is 0.647. The van der Waals surface area contributed by atoms with Crippen LogP contribution in [0, 0.1) is 0 Å². The molecule has 1 fully saturated rings. The lowest BCUT2D eigenvalue weighted by Gasteiger charge is -2.35. The lowest BCUT2D eigenvalue weighted by molar-refractivity contribution is -0.252.